The van der Waals surface area contributed by atoms with Crippen LogP contribution in [0.25, 0.3) is 49.4 Å². The van der Waals surface area contributed by atoms with Crippen LogP contribution in [0.1, 0.15) is 0 Å². The Balaban J connectivity index is 1.39. The topological polar surface area (TPSA) is 4.93 Å². The van der Waals surface area contributed by atoms with Crippen LogP contribution in [-0.2, 0) is 0 Å². The van der Waals surface area contributed by atoms with Crippen LogP contribution in [0.5, 0.6) is 0 Å². The molecule has 7 aromatic rings. The third-order valence-corrected chi connectivity index (χ3v) is 9.42. The molecule has 1 aromatic heterocycles. The van der Waals surface area contributed by atoms with E-state index in [4.69, 9.17) is 0 Å². The van der Waals surface area contributed by atoms with Gasteiger partial charge in [-0.2, -0.15) is 0 Å². The standard InChI is InChI=1S/C34H20BNS/c1-2-10-23-21(8-1)9-5-11-24(23)22-18-19-29-26(20-22)25-12-6-14-28-34(25)36(29)30-15-7-17-32-33(30)35(28)27-13-3-4-16-31(27)37-32/h1-20H. The lowest BCUT2D eigenvalue weighted by Crippen LogP contribution is -2.58. The summed E-state index contributed by atoms with van der Waals surface area (Å²) < 4.78 is 2.52. The van der Waals surface area contributed by atoms with E-state index in [1.807, 2.05) is 11.8 Å². The Hall–Kier alpha value is -4.21. The molecule has 3 heterocycles. The summed E-state index contributed by atoms with van der Waals surface area (Å²) in [4.78, 5) is 2.75. The molecule has 1 nitrogen and oxygen atoms in total. The van der Waals surface area contributed by atoms with Crippen LogP contribution in [0, 0.1) is 0 Å². The monoisotopic (exact) mass is 485 g/mol. The van der Waals surface area contributed by atoms with Crippen LogP contribution in [0.15, 0.2) is 131 Å². The molecular weight excluding hydrogens is 465 g/mol. The molecule has 0 aliphatic carbocycles. The molecule has 0 spiro atoms. The zero-order valence-corrected chi connectivity index (χ0v) is 20.8. The maximum Gasteiger partial charge on any atom is 0.249 e. The van der Waals surface area contributed by atoms with E-state index in [0.29, 0.717) is 0 Å². The predicted octanol–water partition coefficient (Wildman–Crippen LogP) is 6.90. The second-order valence-electron chi connectivity index (χ2n) is 10.1. The Labute approximate surface area is 219 Å². The zero-order chi connectivity index (χ0) is 24.1. The minimum atomic E-state index is 0.265. The van der Waals surface area contributed by atoms with Crippen LogP contribution < -0.4 is 16.4 Å². The molecule has 0 saturated heterocycles. The lowest BCUT2D eigenvalue weighted by molar-refractivity contribution is 1.17. The van der Waals surface area contributed by atoms with Gasteiger partial charge in [-0.05, 0) is 63.2 Å². The fourth-order valence-corrected chi connectivity index (χ4v) is 7.91. The largest absolute Gasteiger partial charge is 0.310 e. The van der Waals surface area contributed by atoms with Crippen molar-refractivity contribution in [1.82, 2.24) is 4.57 Å². The summed E-state index contributed by atoms with van der Waals surface area (Å²) in [7, 11) is 0. The Morgan fingerprint density at radius 3 is 2.32 bits per heavy atom. The van der Waals surface area contributed by atoms with E-state index >= 15 is 0 Å². The lowest BCUT2D eigenvalue weighted by atomic mass is 9.35. The highest BCUT2D eigenvalue weighted by molar-refractivity contribution is 8.00. The number of fused-ring (bicyclic) bond motifs is 8. The first-order valence-electron chi connectivity index (χ1n) is 12.8. The number of rotatable bonds is 1. The first-order chi connectivity index (χ1) is 18.4. The molecule has 0 bridgehead atoms. The van der Waals surface area contributed by atoms with Crippen LogP contribution in [0.4, 0.5) is 0 Å². The van der Waals surface area contributed by atoms with E-state index in [1.54, 1.807) is 0 Å². The van der Waals surface area contributed by atoms with E-state index in [2.05, 4.69) is 126 Å². The Kier molecular flexibility index (Phi) is 3.87. The molecule has 0 N–H and O–H groups in total. The van der Waals surface area contributed by atoms with Gasteiger partial charge in [0.05, 0.1) is 5.52 Å². The van der Waals surface area contributed by atoms with Crippen LogP contribution in [0.3, 0.4) is 0 Å². The molecule has 0 atom stereocenters. The Morgan fingerprint density at radius 2 is 1.32 bits per heavy atom. The number of para-hydroxylation sites is 1. The van der Waals surface area contributed by atoms with Crippen molar-refractivity contribution in [3.05, 3.63) is 121 Å². The summed E-state index contributed by atoms with van der Waals surface area (Å²) in [5.74, 6) is 0. The highest BCUT2D eigenvalue weighted by atomic mass is 32.2. The minimum absolute atomic E-state index is 0.265. The van der Waals surface area contributed by atoms with Gasteiger partial charge in [-0.15, -0.1) is 0 Å². The van der Waals surface area contributed by atoms with Crippen LogP contribution in [-0.4, -0.2) is 11.3 Å². The van der Waals surface area contributed by atoms with Crippen LogP contribution in [0.2, 0.25) is 0 Å². The summed E-state index contributed by atoms with van der Waals surface area (Å²) in [5, 5.41) is 5.23. The van der Waals surface area contributed by atoms with Gasteiger partial charge in [0.2, 0.25) is 6.71 Å². The Morgan fingerprint density at radius 1 is 0.568 bits per heavy atom. The number of hydrogen-bond donors (Lipinski definition) is 0. The molecule has 0 unspecified atom stereocenters. The predicted molar refractivity (Wildman–Crippen MR) is 159 cm³/mol. The third kappa shape index (κ3) is 2.57. The Bertz CT molecular complexity index is 2080. The van der Waals surface area contributed by atoms with E-state index in [9.17, 15) is 0 Å². The number of benzene rings is 6. The smallest absolute Gasteiger partial charge is 0.249 e. The summed E-state index contributed by atoms with van der Waals surface area (Å²) in [6.45, 7) is 0.265. The second-order valence-corrected chi connectivity index (χ2v) is 11.2. The SMILES string of the molecule is c1ccc2c(c1)Sc1cccc3c1B2c1cccc2c4cc(-c5cccc6ccccc56)ccc4n-3c12. The quantitative estimate of drug-likeness (QED) is 0.229. The molecule has 6 aromatic carbocycles. The first-order valence-corrected chi connectivity index (χ1v) is 13.6. The van der Waals surface area contributed by atoms with Gasteiger partial charge < -0.3 is 4.57 Å². The van der Waals surface area contributed by atoms with Crippen molar-refractivity contribution in [2.45, 2.75) is 9.79 Å². The molecule has 3 heteroatoms. The fourth-order valence-electron chi connectivity index (χ4n) is 6.74. The zero-order valence-electron chi connectivity index (χ0n) is 20.0. The summed E-state index contributed by atoms with van der Waals surface area (Å²) >= 11 is 1.91. The van der Waals surface area contributed by atoms with Gasteiger partial charge in [-0.3, -0.25) is 0 Å². The number of hydrogen-bond acceptors (Lipinski definition) is 1. The fraction of sp³-hybridized carbons (Fsp3) is 0. The molecule has 2 aliphatic rings. The molecule has 2 aliphatic heterocycles. The molecule has 9 rings (SSSR count). The third-order valence-electron chi connectivity index (χ3n) is 8.25. The second kappa shape index (κ2) is 7.18. The average molecular weight is 485 g/mol. The van der Waals surface area contributed by atoms with Crippen molar-refractivity contribution in [3.8, 4) is 16.8 Å². The normalized spacial score (nSPS) is 13.2. The molecule has 0 saturated carbocycles. The van der Waals surface area contributed by atoms with Crippen molar-refractivity contribution in [3.63, 3.8) is 0 Å². The molecule has 0 fully saturated rings. The van der Waals surface area contributed by atoms with Gasteiger partial charge in [-0.25, -0.2) is 0 Å². The highest BCUT2D eigenvalue weighted by Crippen LogP contribution is 2.40. The minimum Gasteiger partial charge on any atom is -0.310 e. The van der Waals surface area contributed by atoms with Crippen molar-refractivity contribution in [2.75, 3.05) is 0 Å². The first kappa shape index (κ1) is 19.9. The van der Waals surface area contributed by atoms with Gasteiger partial charge in [0, 0.05) is 31.8 Å². The van der Waals surface area contributed by atoms with Gasteiger partial charge in [-0.1, -0.05) is 108 Å². The van der Waals surface area contributed by atoms with E-state index in [-0.39, 0.29) is 6.71 Å². The average Bonchev–Trinajstić information content (AvgIpc) is 3.29. The van der Waals surface area contributed by atoms with Crippen molar-refractivity contribution >= 4 is 67.4 Å². The molecule has 37 heavy (non-hydrogen) atoms. The van der Waals surface area contributed by atoms with Crippen molar-refractivity contribution < 1.29 is 0 Å². The summed E-state index contributed by atoms with van der Waals surface area (Å²) in [6.07, 6.45) is 0. The molecule has 0 radical (unpaired) electrons. The van der Waals surface area contributed by atoms with E-state index in [0.717, 1.165) is 0 Å². The van der Waals surface area contributed by atoms with Gasteiger partial charge in [0.25, 0.3) is 0 Å². The van der Waals surface area contributed by atoms with Gasteiger partial charge in [0.1, 0.15) is 0 Å². The molecule has 170 valence electrons. The van der Waals surface area contributed by atoms with E-state index < -0.39 is 0 Å². The van der Waals surface area contributed by atoms with Crippen molar-refractivity contribution in [1.29, 1.82) is 0 Å². The maximum absolute atomic E-state index is 2.52. The van der Waals surface area contributed by atoms with E-state index in [1.165, 1.54) is 75.6 Å². The number of nitrogens with zero attached hydrogens (tertiary/aromatic N) is 1. The maximum atomic E-state index is 2.52. The van der Waals surface area contributed by atoms with Gasteiger partial charge in [0.15, 0.2) is 0 Å². The summed E-state index contributed by atoms with van der Waals surface area (Å²) in [6, 6.07) is 45.0. The number of aromatic nitrogens is 1. The molecule has 0 amide bonds. The van der Waals surface area contributed by atoms with Gasteiger partial charge >= 0.3 is 0 Å². The van der Waals surface area contributed by atoms with Crippen LogP contribution >= 0.6 is 11.8 Å². The summed E-state index contributed by atoms with van der Waals surface area (Å²) in [5.41, 5.74) is 10.8. The highest BCUT2D eigenvalue weighted by Gasteiger charge is 2.38. The molecular formula is C34H20BNS. The lowest BCUT2D eigenvalue weighted by Gasteiger charge is -2.33. The van der Waals surface area contributed by atoms with Crippen molar-refractivity contribution in [2.24, 2.45) is 0 Å².